The normalized spacial score (nSPS) is 15.0. The second-order valence-electron chi connectivity index (χ2n) is 8.10. The molecule has 0 atom stereocenters. The molecule has 6 nitrogen and oxygen atoms in total. The van der Waals surface area contributed by atoms with Gasteiger partial charge >= 0.3 is 6.03 Å². The average Bonchev–Trinajstić information content (AvgIpc) is 3.23. The van der Waals surface area contributed by atoms with Crippen molar-refractivity contribution in [2.75, 3.05) is 19.6 Å². The van der Waals surface area contributed by atoms with Gasteiger partial charge in [-0.3, -0.25) is 4.40 Å². The van der Waals surface area contributed by atoms with E-state index in [1.165, 1.54) is 0 Å². The maximum Gasteiger partial charge on any atom is 0.317 e. The van der Waals surface area contributed by atoms with Crippen LogP contribution < -0.4 is 10.1 Å². The van der Waals surface area contributed by atoms with Crippen molar-refractivity contribution >= 4 is 23.3 Å². The highest BCUT2D eigenvalue weighted by Gasteiger charge is 2.24. The molecule has 3 aromatic rings. The van der Waals surface area contributed by atoms with Crippen molar-refractivity contribution in [1.82, 2.24) is 19.6 Å². The zero-order valence-corrected chi connectivity index (χ0v) is 18.1. The number of amides is 2. The predicted molar refractivity (Wildman–Crippen MR) is 119 cm³/mol. The molecule has 1 aromatic carbocycles. The van der Waals surface area contributed by atoms with Gasteiger partial charge in [0.25, 0.3) is 0 Å². The first kappa shape index (κ1) is 20.5. The lowest BCUT2D eigenvalue weighted by atomic mass is 10.1. The van der Waals surface area contributed by atoms with E-state index in [0.29, 0.717) is 30.7 Å². The Morgan fingerprint density at radius 1 is 1.20 bits per heavy atom. The molecule has 0 radical (unpaired) electrons. The monoisotopic (exact) mass is 426 g/mol. The van der Waals surface area contributed by atoms with E-state index in [1.807, 2.05) is 51.9 Å². The summed E-state index contributed by atoms with van der Waals surface area (Å²) in [6, 6.07) is 12.0. The molecule has 0 saturated carbocycles. The van der Waals surface area contributed by atoms with Crippen molar-refractivity contribution < 1.29 is 9.53 Å². The van der Waals surface area contributed by atoms with Crippen molar-refractivity contribution in [2.45, 2.75) is 32.8 Å². The lowest BCUT2D eigenvalue weighted by molar-refractivity contribution is 0.111. The van der Waals surface area contributed by atoms with Gasteiger partial charge in [0.05, 0.1) is 0 Å². The summed E-state index contributed by atoms with van der Waals surface area (Å²) in [7, 11) is 0. The Balaban J connectivity index is 1.34. The molecular weight excluding hydrogens is 400 g/mol. The minimum Gasteiger partial charge on any atom is -0.490 e. The molecule has 1 saturated heterocycles. The number of hydrogen-bond acceptors (Lipinski definition) is 3. The minimum absolute atomic E-state index is 0.0262. The molecule has 30 heavy (non-hydrogen) atoms. The summed E-state index contributed by atoms with van der Waals surface area (Å²) >= 11 is 6.55. The third kappa shape index (κ3) is 4.54. The van der Waals surface area contributed by atoms with Crippen LogP contribution in [0.1, 0.15) is 26.7 Å². The van der Waals surface area contributed by atoms with Crippen LogP contribution in [-0.4, -0.2) is 46.1 Å². The summed E-state index contributed by atoms with van der Waals surface area (Å²) in [5, 5.41) is 3.62. The van der Waals surface area contributed by atoms with E-state index in [-0.39, 0.29) is 12.1 Å². The van der Waals surface area contributed by atoms with E-state index in [4.69, 9.17) is 16.3 Å². The number of piperidine rings is 1. The maximum absolute atomic E-state index is 12.2. The number of nitrogens with one attached hydrogen (secondary N) is 1. The number of hydrogen-bond donors (Lipinski definition) is 1. The molecule has 0 spiro atoms. The second-order valence-corrected chi connectivity index (χ2v) is 8.46. The topological polar surface area (TPSA) is 58.9 Å². The molecular formula is C23H27ClN4O2. The predicted octanol–water partition coefficient (Wildman–Crippen LogP) is 4.86. The van der Waals surface area contributed by atoms with Crippen LogP contribution in [0.4, 0.5) is 4.79 Å². The van der Waals surface area contributed by atoms with Crippen molar-refractivity contribution in [3.8, 4) is 16.9 Å². The molecule has 2 aromatic heterocycles. The Labute approximate surface area is 181 Å². The Kier molecular flexibility index (Phi) is 6.13. The number of carbonyl (C=O) groups is 1. The Bertz CT molecular complexity index is 1010. The van der Waals surface area contributed by atoms with Gasteiger partial charge in [0.15, 0.2) is 0 Å². The van der Waals surface area contributed by atoms with Crippen LogP contribution in [0, 0.1) is 5.92 Å². The van der Waals surface area contributed by atoms with E-state index in [1.54, 1.807) is 6.20 Å². The van der Waals surface area contributed by atoms with Gasteiger partial charge in [0.2, 0.25) is 0 Å². The standard InChI is InChI=1S/C23H27ClN4O2/c1-16(2)15-26-23(29)27-12-9-19(10-13-27)30-18-5-3-17(4-6-18)20-7-8-21-25-11-14-28(21)22(20)24/h3-8,11,14,16,19H,9-10,12-13,15H2,1-2H3,(H,26,29). The summed E-state index contributed by atoms with van der Waals surface area (Å²) in [4.78, 5) is 18.3. The number of halogens is 1. The SMILES string of the molecule is CC(C)CNC(=O)N1CCC(Oc2ccc(-c3ccc4nccn4c3Cl)cc2)CC1. The van der Waals surface area contributed by atoms with E-state index in [0.717, 1.165) is 35.4 Å². The fraction of sp³-hybridized carbons (Fsp3) is 0.391. The summed E-state index contributed by atoms with van der Waals surface area (Å²) in [5.41, 5.74) is 2.81. The van der Waals surface area contributed by atoms with Crippen molar-refractivity contribution in [3.63, 3.8) is 0 Å². The summed E-state index contributed by atoms with van der Waals surface area (Å²) in [5.74, 6) is 1.29. The number of fused-ring (bicyclic) bond motifs is 1. The van der Waals surface area contributed by atoms with Gasteiger partial charge in [0, 0.05) is 50.4 Å². The first-order valence-corrected chi connectivity index (χ1v) is 10.8. The number of likely N-dealkylation sites (tertiary alicyclic amines) is 1. The number of ether oxygens (including phenoxy) is 1. The van der Waals surface area contributed by atoms with Crippen LogP contribution in [0.25, 0.3) is 16.8 Å². The summed E-state index contributed by atoms with van der Waals surface area (Å²) < 4.78 is 8.02. The largest absolute Gasteiger partial charge is 0.490 e. The molecule has 0 aliphatic carbocycles. The van der Waals surface area contributed by atoms with E-state index in [2.05, 4.69) is 24.1 Å². The molecule has 3 heterocycles. The van der Waals surface area contributed by atoms with Crippen molar-refractivity contribution in [2.24, 2.45) is 5.92 Å². The van der Waals surface area contributed by atoms with Crippen LogP contribution in [-0.2, 0) is 0 Å². The van der Waals surface area contributed by atoms with Gasteiger partial charge in [-0.2, -0.15) is 0 Å². The molecule has 0 unspecified atom stereocenters. The first-order chi connectivity index (χ1) is 14.5. The van der Waals surface area contributed by atoms with E-state index in [9.17, 15) is 4.79 Å². The lowest BCUT2D eigenvalue weighted by Gasteiger charge is -2.32. The van der Waals surface area contributed by atoms with E-state index >= 15 is 0 Å². The number of nitrogens with zero attached hydrogens (tertiary/aromatic N) is 3. The molecule has 4 rings (SSSR count). The van der Waals surface area contributed by atoms with Gasteiger partial charge in [-0.25, -0.2) is 9.78 Å². The fourth-order valence-corrected chi connectivity index (χ4v) is 3.98. The average molecular weight is 427 g/mol. The molecule has 2 amide bonds. The highest BCUT2D eigenvalue weighted by molar-refractivity contribution is 6.32. The quantitative estimate of drug-likeness (QED) is 0.592. The number of urea groups is 1. The van der Waals surface area contributed by atoms with Crippen LogP contribution in [0.15, 0.2) is 48.8 Å². The highest BCUT2D eigenvalue weighted by Crippen LogP contribution is 2.30. The molecule has 1 aliphatic heterocycles. The number of rotatable bonds is 5. The van der Waals surface area contributed by atoms with Gasteiger partial charge in [-0.15, -0.1) is 0 Å². The van der Waals surface area contributed by atoms with Crippen LogP contribution >= 0.6 is 11.6 Å². The molecule has 158 valence electrons. The highest BCUT2D eigenvalue weighted by atomic mass is 35.5. The molecule has 1 fully saturated rings. The van der Waals surface area contributed by atoms with Gasteiger partial charge in [0.1, 0.15) is 22.7 Å². The Hall–Kier alpha value is -2.73. The molecule has 1 N–H and O–H groups in total. The Morgan fingerprint density at radius 3 is 2.63 bits per heavy atom. The smallest absolute Gasteiger partial charge is 0.317 e. The summed E-state index contributed by atoms with van der Waals surface area (Å²) in [6.45, 7) is 6.32. The number of carbonyl (C=O) groups excluding carboxylic acids is 1. The van der Waals surface area contributed by atoms with Crippen LogP contribution in [0.3, 0.4) is 0 Å². The third-order valence-corrected chi connectivity index (χ3v) is 5.75. The number of imidazole rings is 1. The second kappa shape index (κ2) is 8.96. The maximum atomic E-state index is 12.2. The summed E-state index contributed by atoms with van der Waals surface area (Å²) in [6.07, 6.45) is 5.38. The fourth-order valence-electron chi connectivity index (χ4n) is 3.66. The van der Waals surface area contributed by atoms with E-state index < -0.39 is 0 Å². The van der Waals surface area contributed by atoms with Gasteiger partial charge < -0.3 is 15.0 Å². The van der Waals surface area contributed by atoms with Gasteiger partial charge in [-0.1, -0.05) is 37.6 Å². The molecule has 7 heteroatoms. The third-order valence-electron chi connectivity index (χ3n) is 5.36. The lowest BCUT2D eigenvalue weighted by Crippen LogP contribution is -2.47. The number of aromatic nitrogens is 2. The van der Waals surface area contributed by atoms with Crippen LogP contribution in [0.2, 0.25) is 5.15 Å². The van der Waals surface area contributed by atoms with Crippen molar-refractivity contribution in [3.05, 3.63) is 53.9 Å². The molecule has 0 bridgehead atoms. The van der Waals surface area contributed by atoms with Gasteiger partial charge in [-0.05, 0) is 35.7 Å². The first-order valence-electron chi connectivity index (χ1n) is 10.4. The van der Waals surface area contributed by atoms with Crippen LogP contribution in [0.5, 0.6) is 5.75 Å². The minimum atomic E-state index is 0.0262. The number of benzene rings is 1. The van der Waals surface area contributed by atoms with Crippen molar-refractivity contribution in [1.29, 1.82) is 0 Å². The number of pyridine rings is 1. The Morgan fingerprint density at radius 2 is 1.93 bits per heavy atom. The zero-order chi connectivity index (χ0) is 21.1. The zero-order valence-electron chi connectivity index (χ0n) is 17.3. The molecule has 1 aliphatic rings.